The third kappa shape index (κ3) is 5.60. The summed E-state index contributed by atoms with van der Waals surface area (Å²) in [7, 11) is 0. The van der Waals surface area contributed by atoms with E-state index in [0.717, 1.165) is 5.56 Å². The van der Waals surface area contributed by atoms with Crippen LogP contribution in [0.1, 0.15) is 15.9 Å². The molecule has 0 aliphatic carbocycles. The van der Waals surface area contributed by atoms with Crippen molar-refractivity contribution in [2.45, 2.75) is 12.7 Å². The van der Waals surface area contributed by atoms with E-state index in [1.165, 1.54) is 12.1 Å². The summed E-state index contributed by atoms with van der Waals surface area (Å²) in [6.07, 6.45) is -0.581. The van der Waals surface area contributed by atoms with Gasteiger partial charge < -0.3 is 14.7 Å². The number of carbonyl (C=O) groups excluding carboxylic acids is 1. The number of piperazine rings is 1. The van der Waals surface area contributed by atoms with Crippen molar-refractivity contribution in [1.82, 2.24) is 9.80 Å². The van der Waals surface area contributed by atoms with Crippen molar-refractivity contribution in [2.75, 3.05) is 39.3 Å². The van der Waals surface area contributed by atoms with Gasteiger partial charge in [-0.25, -0.2) is 4.39 Å². The SMILES string of the molecule is O=C(c1ccccc1F)N1CCN(C[C@H](O)COCc2ccccc2)CC1. The average molecular weight is 372 g/mol. The van der Waals surface area contributed by atoms with Crippen LogP contribution in [0.15, 0.2) is 54.6 Å². The summed E-state index contributed by atoms with van der Waals surface area (Å²) in [5.41, 5.74) is 1.19. The molecule has 144 valence electrons. The minimum Gasteiger partial charge on any atom is -0.389 e. The minimum absolute atomic E-state index is 0.111. The third-order valence-electron chi connectivity index (χ3n) is 4.65. The zero-order valence-corrected chi connectivity index (χ0v) is 15.3. The maximum atomic E-state index is 13.8. The zero-order chi connectivity index (χ0) is 19.1. The highest BCUT2D eigenvalue weighted by atomic mass is 19.1. The lowest BCUT2D eigenvalue weighted by Crippen LogP contribution is -2.51. The van der Waals surface area contributed by atoms with Crippen LogP contribution in [0.25, 0.3) is 0 Å². The maximum Gasteiger partial charge on any atom is 0.256 e. The molecule has 0 aromatic heterocycles. The molecule has 6 heteroatoms. The predicted octanol–water partition coefficient (Wildman–Crippen LogP) is 2.16. The Labute approximate surface area is 159 Å². The Hall–Kier alpha value is -2.28. The number of rotatable bonds is 7. The van der Waals surface area contributed by atoms with Gasteiger partial charge >= 0.3 is 0 Å². The molecule has 1 aliphatic heterocycles. The van der Waals surface area contributed by atoms with Crippen LogP contribution in [-0.2, 0) is 11.3 Å². The number of β-amino-alcohol motifs (C(OH)–C–C–N with tert-alkyl or cyclic N) is 1. The van der Waals surface area contributed by atoms with Gasteiger partial charge in [0.1, 0.15) is 5.82 Å². The molecule has 2 aromatic rings. The summed E-state index contributed by atoms with van der Waals surface area (Å²) < 4.78 is 19.4. The second-order valence-electron chi connectivity index (χ2n) is 6.73. The van der Waals surface area contributed by atoms with Gasteiger partial charge in [-0.2, -0.15) is 0 Å². The number of nitrogens with zero attached hydrogens (tertiary/aromatic N) is 2. The van der Waals surface area contributed by atoms with Crippen LogP contribution >= 0.6 is 0 Å². The Morgan fingerprint density at radius 2 is 1.70 bits per heavy atom. The van der Waals surface area contributed by atoms with E-state index >= 15 is 0 Å². The fraction of sp³-hybridized carbons (Fsp3) is 0.381. The number of aliphatic hydroxyl groups excluding tert-OH is 1. The highest BCUT2D eigenvalue weighted by Gasteiger charge is 2.24. The lowest BCUT2D eigenvalue weighted by Gasteiger charge is -2.35. The van der Waals surface area contributed by atoms with E-state index in [1.54, 1.807) is 17.0 Å². The quantitative estimate of drug-likeness (QED) is 0.809. The van der Waals surface area contributed by atoms with Crippen LogP contribution in [0, 0.1) is 5.82 Å². The van der Waals surface area contributed by atoms with Crippen LogP contribution < -0.4 is 0 Å². The first kappa shape index (κ1) is 19.5. The van der Waals surface area contributed by atoms with Crippen LogP contribution in [0.3, 0.4) is 0 Å². The molecule has 1 amide bonds. The number of hydrogen-bond acceptors (Lipinski definition) is 4. The second kappa shape index (κ2) is 9.60. The van der Waals surface area contributed by atoms with E-state index in [1.807, 2.05) is 30.3 Å². The van der Waals surface area contributed by atoms with E-state index in [0.29, 0.717) is 39.3 Å². The van der Waals surface area contributed by atoms with E-state index in [2.05, 4.69) is 4.90 Å². The molecule has 0 radical (unpaired) electrons. The number of aliphatic hydroxyl groups is 1. The summed E-state index contributed by atoms with van der Waals surface area (Å²) in [6.45, 7) is 3.57. The van der Waals surface area contributed by atoms with Gasteiger partial charge in [0, 0.05) is 32.7 Å². The van der Waals surface area contributed by atoms with Crippen LogP contribution in [0.4, 0.5) is 4.39 Å². The number of halogens is 1. The monoisotopic (exact) mass is 372 g/mol. The normalized spacial score (nSPS) is 16.3. The summed E-state index contributed by atoms with van der Waals surface area (Å²) in [5, 5.41) is 10.2. The van der Waals surface area contributed by atoms with E-state index in [-0.39, 0.29) is 18.1 Å². The number of carbonyl (C=O) groups is 1. The van der Waals surface area contributed by atoms with Crippen molar-refractivity contribution < 1.29 is 19.0 Å². The Bertz CT molecular complexity index is 733. The van der Waals surface area contributed by atoms with Gasteiger partial charge in [0.05, 0.1) is 24.9 Å². The molecule has 0 unspecified atom stereocenters. The molecule has 5 nitrogen and oxygen atoms in total. The fourth-order valence-corrected chi connectivity index (χ4v) is 3.18. The summed E-state index contributed by atoms with van der Waals surface area (Å²) in [5.74, 6) is -0.768. The molecule has 1 aliphatic rings. The lowest BCUT2D eigenvalue weighted by molar-refractivity contribution is 0.00202. The van der Waals surface area contributed by atoms with E-state index in [9.17, 15) is 14.3 Å². The lowest BCUT2D eigenvalue weighted by atomic mass is 10.1. The van der Waals surface area contributed by atoms with Gasteiger partial charge in [-0.3, -0.25) is 9.69 Å². The molecule has 2 aromatic carbocycles. The Kier molecular flexibility index (Phi) is 6.92. The summed E-state index contributed by atoms with van der Waals surface area (Å²) in [4.78, 5) is 16.2. The van der Waals surface area contributed by atoms with Gasteiger partial charge in [0.2, 0.25) is 0 Å². The second-order valence-corrected chi connectivity index (χ2v) is 6.73. The molecule has 1 atom stereocenters. The minimum atomic E-state index is -0.581. The standard InChI is InChI=1S/C21H25FN2O3/c22-20-9-5-4-8-19(20)21(26)24-12-10-23(11-13-24)14-18(25)16-27-15-17-6-2-1-3-7-17/h1-9,18,25H,10-16H2/t18-/m0/s1. The van der Waals surface area contributed by atoms with Crippen molar-refractivity contribution >= 4 is 5.91 Å². The topological polar surface area (TPSA) is 53.0 Å². The zero-order valence-electron chi connectivity index (χ0n) is 15.3. The van der Waals surface area contributed by atoms with Gasteiger partial charge in [-0.15, -0.1) is 0 Å². The molecule has 1 fully saturated rings. The fourth-order valence-electron chi connectivity index (χ4n) is 3.18. The molecular formula is C21H25FN2O3. The molecule has 3 rings (SSSR count). The Morgan fingerprint density at radius 1 is 1.04 bits per heavy atom. The van der Waals surface area contributed by atoms with Gasteiger partial charge in [-0.05, 0) is 17.7 Å². The molecule has 0 saturated carbocycles. The van der Waals surface area contributed by atoms with Gasteiger partial charge in [0.15, 0.2) is 0 Å². The highest BCUT2D eigenvalue weighted by Crippen LogP contribution is 2.12. The molecule has 1 saturated heterocycles. The highest BCUT2D eigenvalue weighted by molar-refractivity contribution is 5.94. The van der Waals surface area contributed by atoms with Gasteiger partial charge in [0.25, 0.3) is 5.91 Å². The van der Waals surface area contributed by atoms with Crippen molar-refractivity contribution in [3.63, 3.8) is 0 Å². The number of ether oxygens (including phenoxy) is 1. The third-order valence-corrected chi connectivity index (χ3v) is 4.65. The van der Waals surface area contributed by atoms with Crippen LogP contribution in [-0.4, -0.2) is 66.2 Å². The van der Waals surface area contributed by atoms with Crippen molar-refractivity contribution in [2.24, 2.45) is 0 Å². The first-order valence-electron chi connectivity index (χ1n) is 9.19. The molecule has 0 spiro atoms. The Morgan fingerprint density at radius 3 is 2.41 bits per heavy atom. The molecular weight excluding hydrogens is 347 g/mol. The molecule has 1 N–H and O–H groups in total. The first-order valence-corrected chi connectivity index (χ1v) is 9.19. The Balaban J connectivity index is 1.39. The predicted molar refractivity (Wildman–Crippen MR) is 101 cm³/mol. The van der Waals surface area contributed by atoms with Crippen molar-refractivity contribution in [1.29, 1.82) is 0 Å². The summed E-state index contributed by atoms with van der Waals surface area (Å²) in [6, 6.07) is 15.9. The van der Waals surface area contributed by atoms with E-state index < -0.39 is 11.9 Å². The van der Waals surface area contributed by atoms with Gasteiger partial charge in [-0.1, -0.05) is 42.5 Å². The molecule has 27 heavy (non-hydrogen) atoms. The van der Waals surface area contributed by atoms with Crippen LogP contribution in [0.2, 0.25) is 0 Å². The molecule has 0 bridgehead atoms. The molecule has 1 heterocycles. The number of amides is 1. The largest absolute Gasteiger partial charge is 0.389 e. The van der Waals surface area contributed by atoms with Crippen molar-refractivity contribution in [3.8, 4) is 0 Å². The average Bonchev–Trinajstić information content (AvgIpc) is 2.69. The number of hydrogen-bond donors (Lipinski definition) is 1. The first-order chi connectivity index (χ1) is 13.1. The van der Waals surface area contributed by atoms with Crippen molar-refractivity contribution in [3.05, 3.63) is 71.5 Å². The summed E-state index contributed by atoms with van der Waals surface area (Å²) >= 11 is 0. The maximum absolute atomic E-state index is 13.8. The number of benzene rings is 2. The van der Waals surface area contributed by atoms with Crippen LogP contribution in [0.5, 0.6) is 0 Å². The smallest absolute Gasteiger partial charge is 0.256 e. The van der Waals surface area contributed by atoms with E-state index in [4.69, 9.17) is 4.74 Å².